The summed E-state index contributed by atoms with van der Waals surface area (Å²) in [6.45, 7) is 3.48. The Morgan fingerprint density at radius 2 is 1.63 bits per heavy atom. The number of rotatable bonds is 7. The second-order valence-corrected chi connectivity index (χ2v) is 11.5. The molecule has 10 heteroatoms. The van der Waals surface area contributed by atoms with E-state index in [1.54, 1.807) is 44.2 Å². The zero-order valence-electron chi connectivity index (χ0n) is 18.9. The molecule has 0 saturated heterocycles. The van der Waals surface area contributed by atoms with Gasteiger partial charge in [0.15, 0.2) is 0 Å². The Morgan fingerprint density at radius 3 is 2.14 bits per heavy atom. The Hall–Kier alpha value is -2.82. The number of hydrogen-bond donors (Lipinski definition) is 1. The number of hydrogen-bond acceptors (Lipinski definition) is 4. The summed E-state index contributed by atoms with van der Waals surface area (Å²) in [4.78, 5) is 31.3. The van der Waals surface area contributed by atoms with Crippen LogP contribution in [0, 0.1) is 11.6 Å². The van der Waals surface area contributed by atoms with E-state index in [4.69, 9.17) is 5.14 Å². The number of amides is 2. The number of halogens is 3. The zero-order chi connectivity index (χ0) is 25.5. The molecule has 0 bridgehead atoms. The maximum Gasteiger partial charge on any atom is 0.266 e. The maximum absolute atomic E-state index is 13.8. The first-order valence-electron chi connectivity index (χ1n) is 10.7. The standard InChI is InChI=1S/C25H22BrF2N3O3S/c1-25(2,35(29)34)12-15(7-14-8-16(27)10-17(28)9-14)22-21(26)11-18(13-30-22)31-23(32)19-5-3-4-6-20(19)24(31)33/h3-6,8-11,13,15H,7,12,29H2,1-2H3/t15-,35?/m0/s1. The van der Waals surface area contributed by atoms with E-state index in [0.717, 1.165) is 11.0 Å². The van der Waals surface area contributed by atoms with E-state index < -0.39 is 45.1 Å². The molecule has 4 rings (SSSR count). The summed E-state index contributed by atoms with van der Waals surface area (Å²) in [7, 11) is -1.67. The number of nitrogens with zero attached hydrogens (tertiary/aromatic N) is 2. The molecule has 2 aromatic carbocycles. The second-order valence-electron chi connectivity index (χ2n) is 8.99. The Balaban J connectivity index is 1.71. The van der Waals surface area contributed by atoms with Crippen LogP contribution in [0.1, 0.15) is 58.2 Å². The van der Waals surface area contributed by atoms with Crippen LogP contribution < -0.4 is 10.0 Å². The van der Waals surface area contributed by atoms with Crippen molar-refractivity contribution in [3.8, 4) is 0 Å². The van der Waals surface area contributed by atoms with Crippen LogP contribution >= 0.6 is 15.9 Å². The third-order valence-corrected chi connectivity index (χ3v) is 7.87. The van der Waals surface area contributed by atoms with Crippen molar-refractivity contribution >= 4 is 44.4 Å². The van der Waals surface area contributed by atoms with Gasteiger partial charge in [0.1, 0.15) is 11.6 Å². The van der Waals surface area contributed by atoms with Crippen LogP contribution in [0.25, 0.3) is 0 Å². The Bertz CT molecular complexity index is 1310. The molecule has 0 spiro atoms. The third-order valence-electron chi connectivity index (χ3n) is 5.98. The quantitative estimate of drug-likeness (QED) is 0.409. The van der Waals surface area contributed by atoms with Crippen molar-refractivity contribution in [2.75, 3.05) is 4.90 Å². The van der Waals surface area contributed by atoms with Gasteiger partial charge in [0.25, 0.3) is 11.8 Å². The van der Waals surface area contributed by atoms with Gasteiger partial charge >= 0.3 is 0 Å². The summed E-state index contributed by atoms with van der Waals surface area (Å²) in [5.41, 5.74) is 1.84. The highest BCUT2D eigenvalue weighted by Gasteiger charge is 2.37. The van der Waals surface area contributed by atoms with E-state index in [9.17, 15) is 22.6 Å². The normalized spacial score (nSPS) is 15.3. The summed E-state index contributed by atoms with van der Waals surface area (Å²) in [5.74, 6) is -2.72. The highest BCUT2D eigenvalue weighted by molar-refractivity contribution is 9.10. The summed E-state index contributed by atoms with van der Waals surface area (Å²) in [5, 5.41) is 5.69. The average molecular weight is 562 g/mol. The number of nitrogens with two attached hydrogens (primary N) is 1. The minimum Gasteiger partial charge on any atom is -0.268 e. The van der Waals surface area contributed by atoms with E-state index in [1.807, 2.05) is 0 Å². The van der Waals surface area contributed by atoms with E-state index in [2.05, 4.69) is 20.9 Å². The minimum absolute atomic E-state index is 0.202. The van der Waals surface area contributed by atoms with Gasteiger partial charge in [-0.05, 0) is 78.5 Å². The number of benzene rings is 2. The van der Waals surface area contributed by atoms with Crippen molar-refractivity contribution in [1.82, 2.24) is 4.98 Å². The SMILES string of the molecule is CC(C)(C[C@H](Cc1cc(F)cc(F)c1)c1ncc(N2C(=O)c3ccccc3C2=O)cc1Br)S(N)=O. The zero-order valence-corrected chi connectivity index (χ0v) is 21.3. The van der Waals surface area contributed by atoms with E-state index in [-0.39, 0.29) is 12.1 Å². The summed E-state index contributed by atoms with van der Waals surface area (Å²) in [6.07, 6.45) is 1.91. The highest BCUT2D eigenvalue weighted by atomic mass is 79.9. The first-order valence-corrected chi connectivity index (χ1v) is 12.7. The van der Waals surface area contributed by atoms with E-state index >= 15 is 0 Å². The van der Waals surface area contributed by atoms with Crippen molar-refractivity contribution in [3.63, 3.8) is 0 Å². The third kappa shape index (κ3) is 5.10. The number of carbonyl (C=O) groups is 2. The molecule has 182 valence electrons. The van der Waals surface area contributed by atoms with Gasteiger partial charge in [-0.15, -0.1) is 0 Å². The number of imide groups is 1. The van der Waals surface area contributed by atoms with Gasteiger partial charge in [-0.3, -0.25) is 19.7 Å². The number of fused-ring (bicyclic) bond motifs is 1. The monoisotopic (exact) mass is 561 g/mol. The van der Waals surface area contributed by atoms with E-state index in [0.29, 0.717) is 33.3 Å². The molecule has 1 aromatic heterocycles. The Labute approximate surface area is 212 Å². The van der Waals surface area contributed by atoms with Gasteiger partial charge in [-0.1, -0.05) is 12.1 Å². The molecule has 0 saturated carbocycles. The van der Waals surface area contributed by atoms with Crippen LogP contribution in [0.15, 0.2) is 59.2 Å². The lowest BCUT2D eigenvalue weighted by Gasteiger charge is -2.28. The molecule has 2 heterocycles. The first kappa shape index (κ1) is 25.3. The average Bonchev–Trinajstić information content (AvgIpc) is 3.02. The molecule has 0 radical (unpaired) electrons. The van der Waals surface area contributed by atoms with Crippen LogP contribution in [0.5, 0.6) is 0 Å². The molecule has 0 aliphatic carbocycles. The summed E-state index contributed by atoms with van der Waals surface area (Å²) in [6, 6.07) is 11.4. The molecule has 3 aromatic rings. The van der Waals surface area contributed by atoms with Crippen molar-refractivity contribution in [2.45, 2.75) is 37.4 Å². The molecule has 35 heavy (non-hydrogen) atoms. The Morgan fingerprint density at radius 1 is 1.06 bits per heavy atom. The van der Waals surface area contributed by atoms with Crippen LogP contribution in [0.4, 0.5) is 14.5 Å². The molecular weight excluding hydrogens is 540 g/mol. The molecule has 1 aliphatic rings. The van der Waals surface area contributed by atoms with Crippen LogP contribution in [0.3, 0.4) is 0 Å². The fourth-order valence-corrected chi connectivity index (χ4v) is 5.27. The molecule has 2 amide bonds. The van der Waals surface area contributed by atoms with Crippen LogP contribution in [-0.4, -0.2) is 25.8 Å². The van der Waals surface area contributed by atoms with Crippen LogP contribution in [-0.2, 0) is 17.4 Å². The highest BCUT2D eigenvalue weighted by Crippen LogP contribution is 2.37. The largest absolute Gasteiger partial charge is 0.268 e. The van der Waals surface area contributed by atoms with E-state index in [1.165, 1.54) is 18.3 Å². The number of pyridine rings is 1. The van der Waals surface area contributed by atoms with Gasteiger partial charge in [0.2, 0.25) is 0 Å². The smallest absolute Gasteiger partial charge is 0.266 e. The number of carbonyl (C=O) groups excluding carboxylic acids is 2. The number of aromatic nitrogens is 1. The fraction of sp³-hybridized carbons (Fsp3) is 0.240. The lowest BCUT2D eigenvalue weighted by Crippen LogP contribution is -2.34. The van der Waals surface area contributed by atoms with Gasteiger partial charge < -0.3 is 0 Å². The van der Waals surface area contributed by atoms with Gasteiger partial charge in [-0.2, -0.15) is 0 Å². The maximum atomic E-state index is 13.8. The molecule has 2 atom stereocenters. The Kier molecular flexibility index (Phi) is 6.99. The van der Waals surface area contributed by atoms with Crippen molar-refractivity contribution in [1.29, 1.82) is 0 Å². The first-order chi connectivity index (χ1) is 16.5. The van der Waals surface area contributed by atoms with Crippen molar-refractivity contribution in [2.24, 2.45) is 5.14 Å². The summed E-state index contributed by atoms with van der Waals surface area (Å²) < 4.78 is 39.5. The summed E-state index contributed by atoms with van der Waals surface area (Å²) >= 11 is 3.49. The lowest BCUT2D eigenvalue weighted by molar-refractivity contribution is 0.0926. The molecule has 1 unspecified atom stereocenters. The second kappa shape index (κ2) is 9.67. The molecule has 1 aliphatic heterocycles. The molecule has 0 fully saturated rings. The topological polar surface area (TPSA) is 93.4 Å². The van der Waals surface area contributed by atoms with Gasteiger partial charge in [0.05, 0.1) is 44.4 Å². The fourth-order valence-electron chi connectivity index (χ4n) is 4.24. The van der Waals surface area contributed by atoms with Crippen molar-refractivity contribution in [3.05, 3.63) is 93.2 Å². The van der Waals surface area contributed by atoms with Crippen molar-refractivity contribution < 1.29 is 22.6 Å². The number of anilines is 1. The molecular formula is C25H22BrF2N3O3S. The van der Waals surface area contributed by atoms with Gasteiger partial charge in [0, 0.05) is 16.5 Å². The molecule has 6 nitrogen and oxygen atoms in total. The predicted molar refractivity (Wildman–Crippen MR) is 133 cm³/mol. The molecule has 2 N–H and O–H groups in total. The van der Waals surface area contributed by atoms with Crippen LogP contribution in [0.2, 0.25) is 0 Å². The predicted octanol–water partition coefficient (Wildman–Crippen LogP) is 5.04. The van der Waals surface area contributed by atoms with Gasteiger partial charge in [-0.25, -0.2) is 17.9 Å². The lowest BCUT2D eigenvalue weighted by atomic mass is 9.87. The minimum atomic E-state index is -1.67.